The maximum atomic E-state index is 12.3. The number of carbonyl (C=O) groups excluding carboxylic acids is 2. The van der Waals surface area contributed by atoms with Gasteiger partial charge in [-0.25, -0.2) is 4.79 Å². The molecule has 4 rings (SSSR count). The van der Waals surface area contributed by atoms with E-state index in [1.807, 2.05) is 72.8 Å². The van der Waals surface area contributed by atoms with Gasteiger partial charge < -0.3 is 19.6 Å². The second-order valence-corrected chi connectivity index (χ2v) is 9.65. The first-order valence-electron chi connectivity index (χ1n) is 12.1. The van der Waals surface area contributed by atoms with Crippen LogP contribution in [0, 0.1) is 0 Å². The van der Waals surface area contributed by atoms with Crippen molar-refractivity contribution >= 4 is 23.2 Å². The van der Waals surface area contributed by atoms with E-state index >= 15 is 0 Å². The number of rotatable bonds is 8. The van der Waals surface area contributed by atoms with Gasteiger partial charge in [0.2, 0.25) is 0 Å². The third-order valence-corrected chi connectivity index (χ3v) is 5.77. The summed E-state index contributed by atoms with van der Waals surface area (Å²) in [5.74, 6) is 0.836. The highest BCUT2D eigenvalue weighted by Crippen LogP contribution is 2.35. The number of ether oxygens (including phenoxy) is 2. The molecule has 36 heavy (non-hydrogen) atoms. The molecule has 4 aromatic rings. The van der Waals surface area contributed by atoms with Crippen LogP contribution in [0.1, 0.15) is 44.4 Å². The van der Waals surface area contributed by atoms with Crippen LogP contribution in [-0.4, -0.2) is 18.0 Å². The van der Waals surface area contributed by atoms with Gasteiger partial charge in [-0.2, -0.15) is 0 Å². The summed E-state index contributed by atoms with van der Waals surface area (Å²) in [4.78, 5) is 23.5. The summed E-state index contributed by atoms with van der Waals surface area (Å²) >= 11 is 0. The maximum Gasteiger partial charge on any atom is 0.408 e. The average molecular weight is 482 g/mol. The smallest absolute Gasteiger partial charge is 0.408 e. The molecule has 1 atom stereocenters. The zero-order chi connectivity index (χ0) is 25.5. The van der Waals surface area contributed by atoms with Crippen molar-refractivity contribution in [2.45, 2.75) is 45.4 Å². The Hall–Kier alpha value is -4.12. The first-order chi connectivity index (χ1) is 17.3. The Balaban J connectivity index is 1.57. The van der Waals surface area contributed by atoms with Crippen LogP contribution in [0.15, 0.2) is 91.0 Å². The number of hydrogen-bond acceptors (Lipinski definition) is 4. The summed E-state index contributed by atoms with van der Waals surface area (Å²) in [5, 5.41) is 4.94. The van der Waals surface area contributed by atoms with Gasteiger partial charge in [-0.15, -0.1) is 0 Å². The van der Waals surface area contributed by atoms with Crippen molar-refractivity contribution < 1.29 is 19.1 Å². The van der Waals surface area contributed by atoms with Crippen LogP contribution in [0.5, 0.6) is 5.75 Å². The normalized spacial score (nSPS) is 12.1. The minimum atomic E-state index is -0.613. The zero-order valence-corrected chi connectivity index (χ0v) is 20.9. The molecule has 0 aliphatic heterocycles. The number of nitrogens with one attached hydrogen (secondary N) is 1. The molecule has 0 aromatic heterocycles. The number of benzene rings is 4. The Labute approximate surface area is 212 Å². The Morgan fingerprint density at radius 2 is 1.53 bits per heavy atom. The molecule has 4 aromatic carbocycles. The van der Waals surface area contributed by atoms with Gasteiger partial charge in [0.1, 0.15) is 24.2 Å². The van der Waals surface area contributed by atoms with E-state index in [0.29, 0.717) is 6.61 Å². The summed E-state index contributed by atoms with van der Waals surface area (Å²) in [7, 11) is 0. The molecule has 0 spiro atoms. The predicted octanol–water partition coefficient (Wildman–Crippen LogP) is 7.24. The lowest BCUT2D eigenvalue weighted by Crippen LogP contribution is -2.35. The minimum Gasteiger partial charge on any atom is -0.488 e. The number of aldehydes is 1. The lowest BCUT2D eigenvalue weighted by molar-refractivity contribution is -0.108. The molecule has 0 bridgehead atoms. The number of carbonyl (C=O) groups is 2. The summed E-state index contributed by atoms with van der Waals surface area (Å²) in [6.07, 6.45) is 0.419. The topological polar surface area (TPSA) is 64.6 Å². The van der Waals surface area contributed by atoms with Gasteiger partial charge in [0.15, 0.2) is 0 Å². The fourth-order valence-electron chi connectivity index (χ4n) is 4.10. The SMILES string of the molecule is CC(C)(C)OC(=O)NC(CC=O)c1ccc(-c2ccc(OCc3ccccc3)c3ccccc23)cc1. The van der Waals surface area contributed by atoms with Crippen LogP contribution in [0.3, 0.4) is 0 Å². The molecule has 1 amide bonds. The third-order valence-electron chi connectivity index (χ3n) is 5.77. The largest absolute Gasteiger partial charge is 0.488 e. The van der Waals surface area contributed by atoms with E-state index in [1.165, 1.54) is 0 Å². The number of amides is 1. The second-order valence-electron chi connectivity index (χ2n) is 9.65. The zero-order valence-electron chi connectivity index (χ0n) is 20.9. The van der Waals surface area contributed by atoms with Gasteiger partial charge in [0.05, 0.1) is 6.04 Å². The fraction of sp³-hybridized carbons (Fsp3) is 0.226. The molecule has 0 aliphatic rings. The minimum absolute atomic E-state index is 0.162. The molecule has 0 heterocycles. The lowest BCUT2D eigenvalue weighted by Gasteiger charge is -2.23. The third kappa shape index (κ3) is 6.30. The molecule has 0 saturated carbocycles. The van der Waals surface area contributed by atoms with E-state index in [2.05, 4.69) is 23.5 Å². The highest BCUT2D eigenvalue weighted by atomic mass is 16.6. The highest BCUT2D eigenvalue weighted by Gasteiger charge is 2.20. The summed E-state index contributed by atoms with van der Waals surface area (Å²) in [6.45, 7) is 5.91. The molecule has 5 heteroatoms. The molecule has 0 saturated heterocycles. The molecular weight excluding hydrogens is 450 g/mol. The van der Waals surface area contributed by atoms with Crippen LogP contribution < -0.4 is 10.1 Å². The lowest BCUT2D eigenvalue weighted by atomic mass is 9.95. The van der Waals surface area contributed by atoms with Crippen molar-refractivity contribution in [2.24, 2.45) is 0 Å². The first kappa shape index (κ1) is 25.0. The van der Waals surface area contributed by atoms with Crippen LogP contribution >= 0.6 is 0 Å². The highest BCUT2D eigenvalue weighted by molar-refractivity contribution is 6.00. The molecule has 5 nitrogen and oxygen atoms in total. The number of hydrogen-bond donors (Lipinski definition) is 1. The standard InChI is InChI=1S/C31H31NO4/c1-31(2,3)36-30(34)32-28(19-20-33)24-15-13-23(14-16-24)25-17-18-29(27-12-8-7-11-26(25)27)35-21-22-9-5-4-6-10-22/h4-18,20,28H,19,21H2,1-3H3,(H,32,34). The van der Waals surface area contributed by atoms with E-state index < -0.39 is 17.7 Å². The Morgan fingerprint density at radius 3 is 2.19 bits per heavy atom. The molecule has 0 aliphatic carbocycles. The second kappa shape index (κ2) is 11.1. The molecule has 0 fully saturated rings. The van der Waals surface area contributed by atoms with Crippen LogP contribution in [0.4, 0.5) is 4.79 Å². The Kier molecular flexibility index (Phi) is 7.69. The van der Waals surface area contributed by atoms with Crippen molar-refractivity contribution in [2.75, 3.05) is 0 Å². The van der Waals surface area contributed by atoms with E-state index in [9.17, 15) is 9.59 Å². The van der Waals surface area contributed by atoms with Gasteiger partial charge in [-0.1, -0.05) is 84.9 Å². The first-order valence-corrected chi connectivity index (χ1v) is 12.1. The van der Waals surface area contributed by atoms with Crippen LogP contribution in [-0.2, 0) is 16.1 Å². The number of alkyl carbamates (subject to hydrolysis) is 1. The van der Waals surface area contributed by atoms with Gasteiger partial charge in [-0.3, -0.25) is 0 Å². The van der Waals surface area contributed by atoms with Crippen molar-refractivity contribution in [3.8, 4) is 16.9 Å². The summed E-state index contributed by atoms with van der Waals surface area (Å²) in [5.41, 5.74) is 3.45. The van der Waals surface area contributed by atoms with Gasteiger partial charge in [0.25, 0.3) is 0 Å². The number of fused-ring (bicyclic) bond motifs is 1. The van der Waals surface area contributed by atoms with Crippen LogP contribution in [0.25, 0.3) is 21.9 Å². The maximum absolute atomic E-state index is 12.3. The van der Waals surface area contributed by atoms with Crippen molar-refractivity contribution in [1.29, 1.82) is 0 Å². The molecule has 1 unspecified atom stereocenters. The quantitative estimate of drug-likeness (QED) is 0.269. The van der Waals surface area contributed by atoms with E-state index in [-0.39, 0.29) is 6.42 Å². The fourth-order valence-corrected chi connectivity index (χ4v) is 4.10. The van der Waals surface area contributed by atoms with Crippen molar-refractivity contribution in [3.05, 3.63) is 102 Å². The van der Waals surface area contributed by atoms with E-state index in [1.54, 1.807) is 20.8 Å². The molecular formula is C31H31NO4. The Morgan fingerprint density at radius 1 is 0.861 bits per heavy atom. The van der Waals surface area contributed by atoms with E-state index in [4.69, 9.17) is 9.47 Å². The average Bonchev–Trinajstić information content (AvgIpc) is 2.87. The van der Waals surface area contributed by atoms with Gasteiger partial charge >= 0.3 is 6.09 Å². The van der Waals surface area contributed by atoms with Crippen molar-refractivity contribution in [1.82, 2.24) is 5.32 Å². The molecule has 1 N–H and O–H groups in total. The van der Waals surface area contributed by atoms with Crippen molar-refractivity contribution in [3.63, 3.8) is 0 Å². The summed E-state index contributed by atoms with van der Waals surface area (Å²) < 4.78 is 11.5. The van der Waals surface area contributed by atoms with Gasteiger partial charge in [-0.05, 0) is 54.5 Å². The molecule has 0 radical (unpaired) electrons. The summed E-state index contributed by atoms with van der Waals surface area (Å²) in [6, 6.07) is 29.8. The predicted molar refractivity (Wildman–Crippen MR) is 143 cm³/mol. The van der Waals surface area contributed by atoms with Crippen LogP contribution in [0.2, 0.25) is 0 Å². The molecule has 184 valence electrons. The van der Waals surface area contributed by atoms with Gasteiger partial charge in [0, 0.05) is 11.8 Å². The Bertz CT molecular complexity index is 1320. The monoisotopic (exact) mass is 481 g/mol. The van der Waals surface area contributed by atoms with E-state index in [0.717, 1.165) is 45.1 Å².